The molecule has 0 radical (unpaired) electrons. The second-order valence-corrected chi connectivity index (χ2v) is 17.2. The lowest BCUT2D eigenvalue weighted by molar-refractivity contribution is -0.148. The van der Waals surface area contributed by atoms with Crippen molar-refractivity contribution in [1.82, 2.24) is 25.5 Å². The molecule has 1 aliphatic heterocycles. The normalized spacial score (nSPS) is 27.0. The van der Waals surface area contributed by atoms with E-state index < -0.39 is 53.0 Å². The molecule has 4 aliphatic rings. The molecule has 3 saturated carbocycles. The van der Waals surface area contributed by atoms with Crippen LogP contribution in [0.25, 0.3) is 22.3 Å². The molecule has 4 N–H and O–H groups in total. The van der Waals surface area contributed by atoms with Crippen molar-refractivity contribution in [1.29, 1.82) is 0 Å². The summed E-state index contributed by atoms with van der Waals surface area (Å²) in [6, 6.07) is 2.84. The lowest BCUT2D eigenvalue weighted by Crippen LogP contribution is -2.59. The second kappa shape index (κ2) is 14.8. The van der Waals surface area contributed by atoms with Crippen molar-refractivity contribution >= 4 is 52.4 Å². The number of ether oxygens (including phenoxy) is 3. The molecule has 1 saturated heterocycles. The molecule has 8 atom stereocenters. The van der Waals surface area contributed by atoms with Crippen LogP contribution in [0, 0.1) is 23.2 Å². The fourth-order valence-electron chi connectivity index (χ4n) is 8.06. The van der Waals surface area contributed by atoms with E-state index in [4.69, 9.17) is 30.2 Å². The number of oxazole rings is 1. The topological polar surface area (TPSA) is 194 Å². The molecule has 3 aliphatic carbocycles. The van der Waals surface area contributed by atoms with Crippen LogP contribution in [0.4, 0.5) is 10.8 Å². The Morgan fingerprint density at radius 3 is 2.46 bits per heavy atom. The number of rotatable bonds is 12. The van der Waals surface area contributed by atoms with Crippen LogP contribution in [0.1, 0.15) is 66.7 Å². The number of alkyl carbamates (subject to hydrolysis) is 1. The van der Waals surface area contributed by atoms with Crippen LogP contribution in [0.2, 0.25) is 5.02 Å². The minimum atomic E-state index is -1.31. The van der Waals surface area contributed by atoms with Crippen molar-refractivity contribution in [2.75, 3.05) is 19.0 Å². The van der Waals surface area contributed by atoms with Crippen LogP contribution in [-0.4, -0.2) is 93.4 Å². The van der Waals surface area contributed by atoms with E-state index in [-0.39, 0.29) is 53.3 Å². The number of methoxy groups -OCH3 is 1. The van der Waals surface area contributed by atoms with Crippen molar-refractivity contribution in [2.45, 2.75) is 103 Å². The van der Waals surface area contributed by atoms with Gasteiger partial charge in [-0.3, -0.25) is 9.59 Å². The van der Waals surface area contributed by atoms with Crippen molar-refractivity contribution in [3.05, 3.63) is 42.1 Å². The van der Waals surface area contributed by atoms with Crippen LogP contribution in [-0.2, 0) is 23.9 Å². The highest BCUT2D eigenvalue weighted by atomic mass is 35.5. The minimum Gasteiger partial charge on any atom is -0.506 e. The first-order chi connectivity index (χ1) is 26.5. The van der Waals surface area contributed by atoms with Gasteiger partial charge in [-0.2, -0.15) is 4.98 Å². The van der Waals surface area contributed by atoms with E-state index in [0.29, 0.717) is 40.8 Å². The molecular formula is C40H49ClN6O9. The van der Waals surface area contributed by atoms with Gasteiger partial charge in [0.05, 0.1) is 24.9 Å². The third kappa shape index (κ3) is 7.69. The molecule has 0 spiro atoms. The van der Waals surface area contributed by atoms with Crippen LogP contribution >= 0.6 is 11.6 Å². The molecule has 3 aromatic rings. The number of hydrogen-bond acceptors (Lipinski definition) is 12. The number of fused-ring (bicyclic) bond motifs is 2. The number of anilines is 1. The lowest BCUT2D eigenvalue weighted by atomic mass is 9.85. The zero-order valence-corrected chi connectivity index (χ0v) is 33.1. The van der Waals surface area contributed by atoms with Gasteiger partial charge in [0.2, 0.25) is 11.8 Å². The Balaban J connectivity index is 1.20. The molecule has 4 fully saturated rings. The number of aromatic hydroxyl groups is 1. The van der Waals surface area contributed by atoms with Crippen LogP contribution < -0.4 is 20.7 Å². The number of phenols is 1. The summed E-state index contributed by atoms with van der Waals surface area (Å²) in [4.78, 5) is 65.7. The van der Waals surface area contributed by atoms with Gasteiger partial charge in [-0.1, -0.05) is 38.4 Å². The molecule has 3 amide bonds. The van der Waals surface area contributed by atoms with E-state index in [0.717, 1.165) is 12.8 Å². The van der Waals surface area contributed by atoms with Crippen molar-refractivity contribution in [2.24, 2.45) is 23.2 Å². The Kier molecular flexibility index (Phi) is 10.4. The first-order valence-electron chi connectivity index (χ1n) is 19.0. The van der Waals surface area contributed by atoms with Gasteiger partial charge in [0.25, 0.3) is 6.01 Å². The standard InChI is InChI=1S/C40H49ClN6O9/c1-8-22-16-40(22,36(51)53-7)46-34(49)28-14-24(17-47(28)35(50)33(39(4,5)6)45-38(52)56-23-12-20-11-21(20)13-23)55-30-15-26(27-18-54-37(44-27)42-19(2)3)43-32-25(30)9-10-29(48)31(32)41/h8-10,15,18-24,28,33,48H,1,11-14,16-17H2,2-7H3,(H,42,44)(H,45,52)(H,46,49)/t20-,21+,22-,23?,24-,28+,33-,40-/m1/s1. The highest BCUT2D eigenvalue weighted by Crippen LogP contribution is 2.52. The third-order valence-corrected chi connectivity index (χ3v) is 11.6. The summed E-state index contributed by atoms with van der Waals surface area (Å²) < 4.78 is 23.0. The van der Waals surface area contributed by atoms with E-state index in [1.807, 2.05) is 34.6 Å². The van der Waals surface area contributed by atoms with Crippen molar-refractivity contribution in [3.8, 4) is 22.9 Å². The first kappa shape index (κ1) is 39.2. The number of nitrogens with zero attached hydrogens (tertiary/aromatic N) is 3. The zero-order valence-electron chi connectivity index (χ0n) is 32.4. The summed E-state index contributed by atoms with van der Waals surface area (Å²) in [7, 11) is 1.25. The highest BCUT2D eigenvalue weighted by Gasteiger charge is 2.62. The number of likely N-dealkylation sites (tertiary alicyclic amines) is 1. The quantitative estimate of drug-likeness (QED) is 0.131. The molecule has 0 bridgehead atoms. The van der Waals surface area contributed by atoms with Gasteiger partial charge < -0.3 is 44.6 Å². The highest BCUT2D eigenvalue weighted by molar-refractivity contribution is 6.36. The summed E-state index contributed by atoms with van der Waals surface area (Å²) in [6.45, 7) is 13.1. The number of amides is 3. The lowest BCUT2D eigenvalue weighted by Gasteiger charge is -2.35. The number of aromatic nitrogens is 2. The molecule has 1 aromatic carbocycles. The van der Waals surface area contributed by atoms with Crippen molar-refractivity contribution < 1.29 is 42.9 Å². The van der Waals surface area contributed by atoms with E-state index in [2.05, 4.69) is 32.5 Å². The maximum Gasteiger partial charge on any atom is 0.408 e. The predicted octanol–water partition coefficient (Wildman–Crippen LogP) is 5.59. The van der Waals surface area contributed by atoms with Gasteiger partial charge in [-0.15, -0.1) is 6.58 Å². The minimum absolute atomic E-state index is 0.00590. The van der Waals surface area contributed by atoms with Crippen molar-refractivity contribution in [3.63, 3.8) is 0 Å². The summed E-state index contributed by atoms with van der Waals surface area (Å²) in [5.41, 5.74) is -1.17. The van der Waals surface area contributed by atoms with Gasteiger partial charge in [-0.05, 0) is 68.9 Å². The van der Waals surface area contributed by atoms with Crippen LogP contribution in [0.3, 0.4) is 0 Å². The number of halogens is 1. The Morgan fingerprint density at radius 2 is 1.82 bits per heavy atom. The Morgan fingerprint density at radius 1 is 1.09 bits per heavy atom. The number of esters is 1. The van der Waals surface area contributed by atoms with Gasteiger partial charge in [-0.25, -0.2) is 14.6 Å². The maximum atomic E-state index is 14.7. The fourth-order valence-corrected chi connectivity index (χ4v) is 8.27. The molecular weight excluding hydrogens is 744 g/mol. The molecule has 16 heteroatoms. The third-order valence-electron chi connectivity index (χ3n) is 11.2. The monoisotopic (exact) mass is 792 g/mol. The van der Waals surface area contributed by atoms with E-state index in [1.54, 1.807) is 18.2 Å². The first-order valence-corrected chi connectivity index (χ1v) is 19.4. The van der Waals surface area contributed by atoms with Gasteiger partial charge >= 0.3 is 12.1 Å². The number of hydrogen-bond donors (Lipinski definition) is 4. The average Bonchev–Trinajstić information content (AvgIpc) is 3.80. The molecule has 56 heavy (non-hydrogen) atoms. The van der Waals surface area contributed by atoms with Gasteiger partial charge in [0.1, 0.15) is 58.3 Å². The largest absolute Gasteiger partial charge is 0.506 e. The Hall–Kier alpha value is -5.05. The molecule has 15 nitrogen and oxygen atoms in total. The van der Waals surface area contributed by atoms with E-state index >= 15 is 0 Å². The number of benzene rings is 1. The fraction of sp³-hybridized carbons (Fsp3) is 0.550. The number of phenolic OH excluding ortho intramolecular Hbond substituents is 1. The Labute approximate surface area is 329 Å². The summed E-state index contributed by atoms with van der Waals surface area (Å²) >= 11 is 6.57. The predicted molar refractivity (Wildman–Crippen MR) is 206 cm³/mol. The number of nitrogens with one attached hydrogen (secondary N) is 3. The van der Waals surface area contributed by atoms with Crippen LogP contribution in [0.5, 0.6) is 11.5 Å². The average molecular weight is 793 g/mol. The number of pyridine rings is 1. The number of carbonyl (C=O) groups excluding carboxylic acids is 4. The van der Waals surface area contributed by atoms with Gasteiger partial charge in [0.15, 0.2) is 0 Å². The second-order valence-electron chi connectivity index (χ2n) is 16.8. The van der Waals surface area contributed by atoms with E-state index in [1.165, 1.54) is 30.8 Å². The summed E-state index contributed by atoms with van der Waals surface area (Å²) in [5.74, 6) is -0.758. The smallest absolute Gasteiger partial charge is 0.408 e. The molecule has 3 heterocycles. The Bertz CT molecular complexity index is 2050. The van der Waals surface area contributed by atoms with E-state index in [9.17, 15) is 24.3 Å². The number of carbonyl (C=O) groups is 4. The zero-order chi connectivity index (χ0) is 40.3. The van der Waals surface area contributed by atoms with Crippen LogP contribution in [0.15, 0.2) is 41.5 Å². The van der Waals surface area contributed by atoms with Gasteiger partial charge in [0, 0.05) is 29.8 Å². The molecule has 7 rings (SSSR count). The SMILES string of the molecule is C=C[C@@H]1C[C@]1(NC(=O)[C@@H]1C[C@@H](Oc2cc(-c3coc(NC(C)C)n3)nc3c(Cl)c(O)ccc23)CN1C(=O)[C@@H](NC(=O)OC1C[C@@H]2C[C@@H]2C1)C(C)(C)C)C(=O)OC. The molecule has 1 unspecified atom stereocenters. The maximum absolute atomic E-state index is 14.7. The summed E-state index contributed by atoms with van der Waals surface area (Å²) in [6.07, 6.45) is 4.49. The molecule has 2 aromatic heterocycles. The summed E-state index contributed by atoms with van der Waals surface area (Å²) in [5, 5.41) is 19.7. The molecule has 300 valence electrons.